The fourth-order valence-electron chi connectivity index (χ4n) is 2.07. The van der Waals surface area contributed by atoms with Crippen molar-refractivity contribution in [1.29, 1.82) is 0 Å². The third-order valence-electron chi connectivity index (χ3n) is 2.87. The highest BCUT2D eigenvalue weighted by Crippen LogP contribution is 2.31. The molecule has 3 heteroatoms. The summed E-state index contributed by atoms with van der Waals surface area (Å²) in [5.74, 6) is 0.898. The van der Waals surface area contributed by atoms with E-state index in [0.717, 1.165) is 22.6 Å². The van der Waals surface area contributed by atoms with Gasteiger partial charge < -0.3 is 10.1 Å². The van der Waals surface area contributed by atoms with Crippen LogP contribution in [0, 0.1) is 0 Å². The van der Waals surface area contributed by atoms with Crippen LogP contribution in [0.3, 0.4) is 0 Å². The van der Waals surface area contributed by atoms with E-state index >= 15 is 0 Å². The standard InChI is InChI=1S/C15H14N2O/c1-11-17-14(12-7-9-16-10-8-12)15(18-11)13-5-3-2-4-6-13/h2-11,17H,1H3. The van der Waals surface area contributed by atoms with Gasteiger partial charge in [-0.2, -0.15) is 0 Å². The quantitative estimate of drug-likeness (QED) is 0.873. The summed E-state index contributed by atoms with van der Waals surface area (Å²) in [5, 5.41) is 3.35. The lowest BCUT2D eigenvalue weighted by atomic mass is 10.1. The molecule has 3 nitrogen and oxygen atoms in total. The van der Waals surface area contributed by atoms with Gasteiger partial charge in [-0.3, -0.25) is 4.98 Å². The second-order valence-electron chi connectivity index (χ2n) is 4.21. The summed E-state index contributed by atoms with van der Waals surface area (Å²) in [6.07, 6.45) is 3.56. The first-order valence-electron chi connectivity index (χ1n) is 5.98. The van der Waals surface area contributed by atoms with E-state index in [2.05, 4.69) is 22.4 Å². The van der Waals surface area contributed by atoms with Gasteiger partial charge in [0.25, 0.3) is 0 Å². The predicted octanol–water partition coefficient (Wildman–Crippen LogP) is 2.87. The van der Waals surface area contributed by atoms with Crippen molar-refractivity contribution >= 4 is 11.5 Å². The molecule has 0 amide bonds. The highest BCUT2D eigenvalue weighted by molar-refractivity contribution is 5.88. The highest BCUT2D eigenvalue weighted by Gasteiger charge is 2.23. The number of hydrogen-bond donors (Lipinski definition) is 1. The molecule has 0 fully saturated rings. The molecule has 1 N–H and O–H groups in total. The number of pyridine rings is 1. The Kier molecular flexibility index (Phi) is 2.73. The maximum Gasteiger partial charge on any atom is 0.167 e. The van der Waals surface area contributed by atoms with Crippen LogP contribution in [-0.2, 0) is 4.74 Å². The lowest BCUT2D eigenvalue weighted by Crippen LogP contribution is -2.18. The van der Waals surface area contributed by atoms with E-state index in [1.807, 2.05) is 37.3 Å². The second kappa shape index (κ2) is 4.53. The van der Waals surface area contributed by atoms with Gasteiger partial charge in [0.2, 0.25) is 0 Å². The summed E-state index contributed by atoms with van der Waals surface area (Å²) in [4.78, 5) is 4.04. The largest absolute Gasteiger partial charge is 0.468 e. The van der Waals surface area contributed by atoms with Crippen LogP contribution in [0.15, 0.2) is 54.9 Å². The summed E-state index contributed by atoms with van der Waals surface area (Å²) in [6, 6.07) is 14.1. The van der Waals surface area contributed by atoms with Gasteiger partial charge in [-0.15, -0.1) is 0 Å². The second-order valence-corrected chi connectivity index (χ2v) is 4.21. The lowest BCUT2D eigenvalue weighted by molar-refractivity contribution is 0.191. The molecule has 0 spiro atoms. The SMILES string of the molecule is CC1NC(c2ccncc2)=C(c2ccccc2)O1. The number of nitrogens with zero attached hydrogens (tertiary/aromatic N) is 1. The van der Waals surface area contributed by atoms with Crippen molar-refractivity contribution < 1.29 is 4.74 Å². The van der Waals surface area contributed by atoms with Crippen LogP contribution in [0.25, 0.3) is 11.5 Å². The molecule has 1 aromatic heterocycles. The molecule has 1 aromatic carbocycles. The van der Waals surface area contributed by atoms with Crippen LogP contribution in [0.1, 0.15) is 18.1 Å². The Bertz CT molecular complexity index is 512. The Morgan fingerprint density at radius 2 is 1.72 bits per heavy atom. The summed E-state index contributed by atoms with van der Waals surface area (Å²) >= 11 is 0. The smallest absolute Gasteiger partial charge is 0.167 e. The third-order valence-corrected chi connectivity index (χ3v) is 2.87. The maximum absolute atomic E-state index is 5.86. The van der Waals surface area contributed by atoms with Crippen LogP contribution in [0.4, 0.5) is 0 Å². The van der Waals surface area contributed by atoms with Crippen molar-refractivity contribution in [1.82, 2.24) is 10.3 Å². The predicted molar refractivity (Wildman–Crippen MR) is 71.2 cm³/mol. The minimum absolute atomic E-state index is 0.0108. The minimum atomic E-state index is -0.0108. The van der Waals surface area contributed by atoms with Crippen molar-refractivity contribution in [2.24, 2.45) is 0 Å². The summed E-state index contributed by atoms with van der Waals surface area (Å²) in [5.41, 5.74) is 3.20. The van der Waals surface area contributed by atoms with Crippen molar-refractivity contribution in [2.75, 3.05) is 0 Å². The van der Waals surface area contributed by atoms with E-state index in [4.69, 9.17) is 4.74 Å². The van der Waals surface area contributed by atoms with Gasteiger partial charge in [0.1, 0.15) is 0 Å². The van der Waals surface area contributed by atoms with E-state index in [1.54, 1.807) is 12.4 Å². The number of hydrogen-bond acceptors (Lipinski definition) is 3. The average Bonchev–Trinajstić information content (AvgIpc) is 2.83. The van der Waals surface area contributed by atoms with E-state index in [0.29, 0.717) is 0 Å². The first-order chi connectivity index (χ1) is 8.84. The Labute approximate surface area is 106 Å². The minimum Gasteiger partial charge on any atom is -0.468 e. The molecular formula is C15H14N2O. The molecule has 1 atom stereocenters. The topological polar surface area (TPSA) is 34.2 Å². The normalized spacial score (nSPS) is 18.4. The zero-order chi connectivity index (χ0) is 12.4. The van der Waals surface area contributed by atoms with Crippen molar-refractivity contribution in [3.8, 4) is 0 Å². The van der Waals surface area contributed by atoms with Gasteiger partial charge in [-0.25, -0.2) is 0 Å². The van der Waals surface area contributed by atoms with Crippen LogP contribution in [-0.4, -0.2) is 11.2 Å². The number of benzene rings is 1. The number of rotatable bonds is 2. The highest BCUT2D eigenvalue weighted by atomic mass is 16.5. The first kappa shape index (κ1) is 10.8. The van der Waals surface area contributed by atoms with Gasteiger partial charge >= 0.3 is 0 Å². The average molecular weight is 238 g/mol. The molecule has 0 saturated heterocycles. The molecule has 1 unspecified atom stereocenters. The number of nitrogens with one attached hydrogen (secondary N) is 1. The Morgan fingerprint density at radius 1 is 1.00 bits per heavy atom. The zero-order valence-electron chi connectivity index (χ0n) is 10.1. The van der Waals surface area contributed by atoms with Gasteiger partial charge in [-0.05, 0) is 19.1 Å². The van der Waals surface area contributed by atoms with E-state index in [9.17, 15) is 0 Å². The molecule has 2 aromatic rings. The van der Waals surface area contributed by atoms with Crippen molar-refractivity contribution in [3.05, 3.63) is 66.0 Å². The monoisotopic (exact) mass is 238 g/mol. The fraction of sp³-hybridized carbons (Fsp3) is 0.133. The zero-order valence-corrected chi connectivity index (χ0v) is 10.1. The maximum atomic E-state index is 5.86. The molecule has 0 bridgehead atoms. The Balaban J connectivity index is 2.09. The van der Waals surface area contributed by atoms with E-state index in [1.165, 1.54) is 0 Å². The number of aromatic nitrogens is 1. The summed E-state index contributed by atoms with van der Waals surface area (Å²) < 4.78 is 5.86. The summed E-state index contributed by atoms with van der Waals surface area (Å²) in [7, 11) is 0. The fourth-order valence-corrected chi connectivity index (χ4v) is 2.07. The van der Waals surface area contributed by atoms with Crippen molar-refractivity contribution in [2.45, 2.75) is 13.2 Å². The van der Waals surface area contributed by atoms with Gasteiger partial charge in [0.15, 0.2) is 12.0 Å². The van der Waals surface area contributed by atoms with Crippen LogP contribution < -0.4 is 5.32 Å². The molecule has 3 rings (SSSR count). The molecule has 1 aliphatic heterocycles. The first-order valence-corrected chi connectivity index (χ1v) is 5.98. The van der Waals surface area contributed by atoms with Crippen LogP contribution in [0.5, 0.6) is 0 Å². The Hall–Kier alpha value is -2.29. The van der Waals surface area contributed by atoms with E-state index in [-0.39, 0.29) is 6.23 Å². The third kappa shape index (κ3) is 1.95. The summed E-state index contributed by atoms with van der Waals surface area (Å²) in [6.45, 7) is 2.00. The molecule has 0 saturated carbocycles. The molecule has 18 heavy (non-hydrogen) atoms. The molecular weight excluding hydrogens is 224 g/mol. The molecule has 1 aliphatic rings. The van der Waals surface area contributed by atoms with Gasteiger partial charge in [0, 0.05) is 23.5 Å². The van der Waals surface area contributed by atoms with E-state index < -0.39 is 0 Å². The van der Waals surface area contributed by atoms with Crippen LogP contribution in [0.2, 0.25) is 0 Å². The van der Waals surface area contributed by atoms with Crippen LogP contribution >= 0.6 is 0 Å². The molecule has 0 aliphatic carbocycles. The number of ether oxygens (including phenoxy) is 1. The Morgan fingerprint density at radius 3 is 2.44 bits per heavy atom. The lowest BCUT2D eigenvalue weighted by Gasteiger charge is -2.06. The van der Waals surface area contributed by atoms with Crippen molar-refractivity contribution in [3.63, 3.8) is 0 Å². The molecule has 0 radical (unpaired) electrons. The molecule has 2 heterocycles. The van der Waals surface area contributed by atoms with Gasteiger partial charge in [0.05, 0.1) is 5.70 Å². The molecule has 90 valence electrons. The van der Waals surface area contributed by atoms with Gasteiger partial charge in [-0.1, -0.05) is 30.3 Å².